The number of halogens is 1. The molecule has 0 radical (unpaired) electrons. The molecule has 0 aliphatic carbocycles. The molecule has 112 valence electrons. The van der Waals surface area contributed by atoms with Gasteiger partial charge in [-0.15, -0.1) is 0 Å². The Hall–Kier alpha value is -2.05. The van der Waals surface area contributed by atoms with Crippen LogP contribution < -0.4 is 10.6 Å². The zero-order valence-corrected chi connectivity index (χ0v) is 13.9. The second kappa shape index (κ2) is 7.82. The van der Waals surface area contributed by atoms with Gasteiger partial charge in [0, 0.05) is 10.0 Å². The minimum atomic E-state index is -0.631. The Morgan fingerprint density at radius 1 is 0.955 bits per heavy atom. The molecule has 0 aliphatic heterocycles. The lowest BCUT2D eigenvalue weighted by Crippen LogP contribution is -2.42. The van der Waals surface area contributed by atoms with Crippen LogP contribution in [0.1, 0.15) is 11.1 Å². The summed E-state index contributed by atoms with van der Waals surface area (Å²) in [4.78, 5) is 23.8. The maximum Gasteiger partial charge on any atom is 0.326 e. The molecule has 0 aliphatic rings. The van der Waals surface area contributed by atoms with Crippen molar-refractivity contribution >= 4 is 45.1 Å². The summed E-state index contributed by atoms with van der Waals surface area (Å²) < 4.78 is 0.918. The highest BCUT2D eigenvalue weighted by Gasteiger charge is 2.10. The van der Waals surface area contributed by atoms with Crippen molar-refractivity contribution in [3.05, 3.63) is 70.2 Å². The molecule has 6 heteroatoms. The quantitative estimate of drug-likeness (QED) is 0.808. The van der Waals surface area contributed by atoms with Crippen molar-refractivity contribution in [2.24, 2.45) is 0 Å². The molecule has 0 heterocycles. The monoisotopic (exact) mass is 376 g/mol. The second-order valence-electron chi connectivity index (χ2n) is 4.50. The Morgan fingerprint density at radius 3 is 2.23 bits per heavy atom. The van der Waals surface area contributed by atoms with E-state index < -0.39 is 6.03 Å². The molecule has 0 saturated heterocycles. The van der Waals surface area contributed by atoms with E-state index in [0.717, 1.165) is 10.0 Å². The smallest absolute Gasteiger partial charge is 0.298 e. The number of rotatable bonds is 3. The zero-order chi connectivity index (χ0) is 15.9. The van der Waals surface area contributed by atoms with Crippen LogP contribution in [-0.4, -0.2) is 16.9 Å². The minimum absolute atomic E-state index is 0.138. The number of thiocarbonyl (C=S) groups is 1. The van der Waals surface area contributed by atoms with Gasteiger partial charge in [-0.1, -0.05) is 70.6 Å². The van der Waals surface area contributed by atoms with Crippen molar-refractivity contribution in [1.82, 2.24) is 10.6 Å². The van der Waals surface area contributed by atoms with E-state index >= 15 is 0 Å². The molecule has 0 bridgehead atoms. The highest BCUT2D eigenvalue weighted by molar-refractivity contribution is 9.10. The van der Waals surface area contributed by atoms with E-state index in [1.54, 1.807) is 12.1 Å². The predicted molar refractivity (Wildman–Crippen MR) is 92.7 cm³/mol. The van der Waals surface area contributed by atoms with Gasteiger partial charge >= 0.3 is 6.03 Å². The Labute approximate surface area is 142 Å². The molecular formula is C16H13BrN2O2S. The van der Waals surface area contributed by atoms with E-state index in [9.17, 15) is 9.59 Å². The Morgan fingerprint density at radius 2 is 1.59 bits per heavy atom. The van der Waals surface area contributed by atoms with Gasteiger partial charge in [-0.05, 0) is 17.7 Å². The van der Waals surface area contributed by atoms with Gasteiger partial charge in [0.25, 0.3) is 0 Å². The van der Waals surface area contributed by atoms with E-state index in [0.29, 0.717) is 5.56 Å². The number of urea groups is 1. The van der Waals surface area contributed by atoms with Crippen molar-refractivity contribution in [3.8, 4) is 0 Å². The van der Waals surface area contributed by atoms with Crippen molar-refractivity contribution in [2.45, 2.75) is 6.42 Å². The fraction of sp³-hybridized carbons (Fsp3) is 0.0625. The van der Waals surface area contributed by atoms with Gasteiger partial charge in [0.2, 0.25) is 5.91 Å². The van der Waals surface area contributed by atoms with E-state index in [-0.39, 0.29) is 17.3 Å². The van der Waals surface area contributed by atoms with E-state index in [2.05, 4.69) is 26.6 Å². The molecule has 22 heavy (non-hydrogen) atoms. The molecule has 2 rings (SSSR count). The lowest BCUT2D eigenvalue weighted by atomic mass is 10.1. The van der Waals surface area contributed by atoms with Crippen LogP contribution in [0, 0.1) is 0 Å². The van der Waals surface area contributed by atoms with Gasteiger partial charge in [0.05, 0.1) is 6.42 Å². The van der Waals surface area contributed by atoms with Gasteiger partial charge in [0.1, 0.15) is 4.99 Å². The molecule has 0 fully saturated rings. The minimum Gasteiger partial charge on any atom is -0.298 e. The number of carbonyl (C=O) groups excluding carboxylic acids is 2. The third-order valence-electron chi connectivity index (χ3n) is 2.79. The van der Waals surface area contributed by atoms with Gasteiger partial charge < -0.3 is 0 Å². The third-order valence-corrected chi connectivity index (χ3v) is 3.66. The molecule has 0 spiro atoms. The van der Waals surface area contributed by atoms with Crippen LogP contribution in [0.2, 0.25) is 0 Å². The molecule has 2 aromatic rings. The predicted octanol–water partition coefficient (Wildman–Crippen LogP) is 3.19. The van der Waals surface area contributed by atoms with E-state index in [1.807, 2.05) is 42.5 Å². The third kappa shape index (κ3) is 5.05. The van der Waals surface area contributed by atoms with Gasteiger partial charge in [-0.25, -0.2) is 4.79 Å². The fourth-order valence-corrected chi connectivity index (χ4v) is 2.25. The fourth-order valence-electron chi connectivity index (χ4n) is 1.76. The molecule has 4 nitrogen and oxygen atoms in total. The van der Waals surface area contributed by atoms with Crippen LogP contribution >= 0.6 is 28.1 Å². The summed E-state index contributed by atoms with van der Waals surface area (Å²) in [6, 6.07) is 15.8. The van der Waals surface area contributed by atoms with Crippen LogP contribution in [-0.2, 0) is 11.2 Å². The molecule has 2 N–H and O–H groups in total. The first-order valence-electron chi connectivity index (χ1n) is 6.49. The summed E-state index contributed by atoms with van der Waals surface area (Å²) in [5.74, 6) is -0.387. The maximum atomic E-state index is 11.8. The first-order chi connectivity index (χ1) is 10.5. The maximum absolute atomic E-state index is 11.8. The molecule has 0 saturated carbocycles. The summed E-state index contributed by atoms with van der Waals surface area (Å²) in [5.41, 5.74) is 1.53. The normalized spacial score (nSPS) is 9.86. The van der Waals surface area contributed by atoms with Crippen LogP contribution in [0.3, 0.4) is 0 Å². The Bertz CT molecular complexity index is 687. The van der Waals surface area contributed by atoms with Crippen molar-refractivity contribution in [2.75, 3.05) is 0 Å². The summed E-state index contributed by atoms with van der Waals surface area (Å²) in [6.45, 7) is 0. The first kappa shape index (κ1) is 16.3. The van der Waals surface area contributed by atoms with Crippen LogP contribution in [0.5, 0.6) is 0 Å². The van der Waals surface area contributed by atoms with E-state index in [1.165, 1.54) is 0 Å². The topological polar surface area (TPSA) is 58.2 Å². The molecule has 0 atom stereocenters. The Kier molecular flexibility index (Phi) is 5.80. The highest BCUT2D eigenvalue weighted by atomic mass is 79.9. The molecule has 0 aromatic heterocycles. The zero-order valence-electron chi connectivity index (χ0n) is 11.5. The summed E-state index contributed by atoms with van der Waals surface area (Å²) in [7, 11) is 0. The van der Waals surface area contributed by atoms with E-state index in [4.69, 9.17) is 12.2 Å². The second-order valence-corrected chi connectivity index (χ2v) is 5.82. The lowest BCUT2D eigenvalue weighted by Gasteiger charge is -2.08. The number of carbonyl (C=O) groups is 2. The van der Waals surface area contributed by atoms with Crippen LogP contribution in [0.15, 0.2) is 59.1 Å². The number of hydrogen-bond acceptors (Lipinski definition) is 3. The van der Waals surface area contributed by atoms with Gasteiger partial charge in [0.15, 0.2) is 0 Å². The summed E-state index contributed by atoms with van der Waals surface area (Å²) >= 11 is 8.45. The number of amides is 3. The lowest BCUT2D eigenvalue weighted by molar-refractivity contribution is -0.119. The average Bonchev–Trinajstić information content (AvgIpc) is 2.48. The van der Waals surface area contributed by atoms with Gasteiger partial charge in [-0.3, -0.25) is 15.4 Å². The van der Waals surface area contributed by atoms with Gasteiger partial charge in [-0.2, -0.15) is 0 Å². The number of benzene rings is 2. The first-order valence-corrected chi connectivity index (χ1v) is 7.69. The SMILES string of the molecule is O=C(Cc1ccccc1)NC(=O)NC(=S)c1ccc(Br)cc1. The number of nitrogens with one attached hydrogen (secondary N) is 2. The standard InChI is InChI=1S/C16H13BrN2O2S/c17-13-8-6-12(7-9-13)15(22)19-16(21)18-14(20)10-11-4-2-1-3-5-11/h1-9H,10H2,(H2,18,19,20,21,22). The van der Waals surface area contributed by atoms with Crippen LogP contribution in [0.4, 0.5) is 4.79 Å². The van der Waals surface area contributed by atoms with Crippen molar-refractivity contribution in [3.63, 3.8) is 0 Å². The summed E-state index contributed by atoms with van der Waals surface area (Å²) in [5, 5.41) is 4.73. The Balaban J connectivity index is 1.86. The van der Waals surface area contributed by atoms with Crippen molar-refractivity contribution < 1.29 is 9.59 Å². The molecular weight excluding hydrogens is 364 g/mol. The van der Waals surface area contributed by atoms with Crippen LogP contribution in [0.25, 0.3) is 0 Å². The number of imide groups is 1. The highest BCUT2D eigenvalue weighted by Crippen LogP contribution is 2.10. The molecule has 0 unspecified atom stereocenters. The number of hydrogen-bond donors (Lipinski definition) is 2. The average molecular weight is 377 g/mol. The van der Waals surface area contributed by atoms with Crippen molar-refractivity contribution in [1.29, 1.82) is 0 Å². The molecule has 2 aromatic carbocycles. The summed E-state index contributed by atoms with van der Waals surface area (Å²) in [6.07, 6.45) is 0.138. The molecule has 3 amide bonds. The largest absolute Gasteiger partial charge is 0.326 e.